The number of aliphatic hydroxyl groups is 1. The maximum absolute atomic E-state index is 10.3. The van der Waals surface area contributed by atoms with Crippen LogP contribution in [0.25, 0.3) is 0 Å². The third-order valence-corrected chi connectivity index (χ3v) is 2.98. The van der Waals surface area contributed by atoms with Crippen LogP contribution in [0, 0.1) is 11.3 Å². The molecule has 1 aromatic carbocycles. The molecule has 14 heavy (non-hydrogen) atoms. The molecule has 0 unspecified atom stereocenters. The van der Waals surface area contributed by atoms with Gasteiger partial charge < -0.3 is 5.11 Å². The van der Waals surface area contributed by atoms with Crippen molar-refractivity contribution in [3.05, 3.63) is 35.4 Å². The Morgan fingerprint density at radius 2 is 1.86 bits per heavy atom. The Bertz CT molecular complexity index is 372. The number of benzene rings is 1. The van der Waals surface area contributed by atoms with Gasteiger partial charge >= 0.3 is 0 Å². The molecule has 2 rings (SSSR count). The maximum atomic E-state index is 10.3. The van der Waals surface area contributed by atoms with E-state index in [0.717, 1.165) is 31.2 Å². The minimum Gasteiger partial charge on any atom is -0.385 e. The number of nitriles is 1. The van der Waals surface area contributed by atoms with Crippen LogP contribution >= 0.6 is 0 Å². The summed E-state index contributed by atoms with van der Waals surface area (Å²) in [6.45, 7) is 0. The van der Waals surface area contributed by atoms with Crippen molar-refractivity contribution in [2.24, 2.45) is 0 Å². The first kappa shape index (κ1) is 9.23. The normalized spacial score (nSPS) is 19.1. The Balaban J connectivity index is 2.45. The molecule has 1 N–H and O–H groups in total. The van der Waals surface area contributed by atoms with E-state index >= 15 is 0 Å². The van der Waals surface area contributed by atoms with Crippen molar-refractivity contribution in [2.75, 3.05) is 0 Å². The summed E-state index contributed by atoms with van der Waals surface area (Å²) in [5.41, 5.74) is 0.670. The van der Waals surface area contributed by atoms with Gasteiger partial charge in [-0.15, -0.1) is 0 Å². The van der Waals surface area contributed by atoms with Crippen LogP contribution in [-0.2, 0) is 5.60 Å². The molecular formula is C12H13NO. The molecule has 72 valence electrons. The summed E-state index contributed by atoms with van der Waals surface area (Å²) >= 11 is 0. The van der Waals surface area contributed by atoms with Crippen molar-refractivity contribution in [3.63, 3.8) is 0 Å². The number of hydrogen-bond donors (Lipinski definition) is 1. The van der Waals surface area contributed by atoms with Gasteiger partial charge in [0, 0.05) is 5.56 Å². The van der Waals surface area contributed by atoms with E-state index in [-0.39, 0.29) is 0 Å². The lowest BCUT2D eigenvalue weighted by molar-refractivity contribution is 0.0442. The maximum Gasteiger partial charge on any atom is 0.0995 e. The van der Waals surface area contributed by atoms with Gasteiger partial charge in [-0.3, -0.25) is 0 Å². The summed E-state index contributed by atoms with van der Waals surface area (Å²) in [6, 6.07) is 9.49. The topological polar surface area (TPSA) is 44.0 Å². The highest BCUT2D eigenvalue weighted by Gasteiger charge is 2.34. The van der Waals surface area contributed by atoms with Crippen LogP contribution in [0.5, 0.6) is 0 Å². The first-order valence-electron chi connectivity index (χ1n) is 4.98. The second-order valence-electron chi connectivity index (χ2n) is 3.90. The van der Waals surface area contributed by atoms with Crippen LogP contribution in [0.3, 0.4) is 0 Å². The van der Waals surface area contributed by atoms with Crippen LogP contribution in [0.2, 0.25) is 0 Å². The molecule has 1 aliphatic rings. The van der Waals surface area contributed by atoms with Crippen LogP contribution < -0.4 is 0 Å². The van der Waals surface area contributed by atoms with Crippen molar-refractivity contribution in [1.82, 2.24) is 0 Å². The zero-order chi connectivity index (χ0) is 10.0. The second kappa shape index (κ2) is 3.43. The zero-order valence-electron chi connectivity index (χ0n) is 8.03. The summed E-state index contributed by atoms with van der Waals surface area (Å²) in [6.07, 6.45) is 3.67. The monoisotopic (exact) mass is 187 g/mol. The minimum absolute atomic E-state index is 0.608. The van der Waals surface area contributed by atoms with Crippen LogP contribution in [0.15, 0.2) is 24.3 Å². The van der Waals surface area contributed by atoms with E-state index in [2.05, 4.69) is 6.07 Å². The van der Waals surface area contributed by atoms with Crippen LogP contribution in [0.4, 0.5) is 0 Å². The van der Waals surface area contributed by atoms with Gasteiger partial charge in [-0.2, -0.15) is 5.26 Å². The molecule has 0 aliphatic heterocycles. The van der Waals surface area contributed by atoms with Gasteiger partial charge in [0.05, 0.1) is 17.2 Å². The lowest BCUT2D eigenvalue weighted by Gasteiger charge is -2.23. The third-order valence-electron chi connectivity index (χ3n) is 2.98. The quantitative estimate of drug-likeness (QED) is 0.733. The molecule has 1 fully saturated rings. The lowest BCUT2D eigenvalue weighted by atomic mass is 9.89. The van der Waals surface area contributed by atoms with E-state index in [1.165, 1.54) is 0 Å². The second-order valence-corrected chi connectivity index (χ2v) is 3.90. The summed E-state index contributed by atoms with van der Waals surface area (Å²) in [7, 11) is 0. The highest BCUT2D eigenvalue weighted by Crippen LogP contribution is 2.39. The number of nitrogens with zero attached hydrogens (tertiary/aromatic N) is 1. The molecule has 1 aromatic rings. The largest absolute Gasteiger partial charge is 0.385 e. The average Bonchev–Trinajstić information content (AvgIpc) is 2.66. The minimum atomic E-state index is -0.744. The van der Waals surface area contributed by atoms with E-state index in [1.54, 1.807) is 6.07 Å². The molecule has 0 heterocycles. The molecule has 0 amide bonds. The first-order valence-corrected chi connectivity index (χ1v) is 4.98. The van der Waals surface area contributed by atoms with Crippen LogP contribution in [-0.4, -0.2) is 5.11 Å². The number of hydrogen-bond acceptors (Lipinski definition) is 2. The number of rotatable bonds is 1. The lowest BCUT2D eigenvalue weighted by Crippen LogP contribution is -2.22. The third kappa shape index (κ3) is 1.40. The summed E-state index contributed by atoms with van der Waals surface area (Å²) in [5, 5.41) is 19.3. The van der Waals surface area contributed by atoms with Gasteiger partial charge in [-0.05, 0) is 18.9 Å². The molecule has 0 atom stereocenters. The van der Waals surface area contributed by atoms with Crippen molar-refractivity contribution in [3.8, 4) is 6.07 Å². The molecule has 1 saturated carbocycles. The van der Waals surface area contributed by atoms with Crippen molar-refractivity contribution >= 4 is 0 Å². The molecule has 2 heteroatoms. The van der Waals surface area contributed by atoms with E-state index in [0.29, 0.717) is 5.56 Å². The fourth-order valence-corrected chi connectivity index (χ4v) is 2.22. The fourth-order valence-electron chi connectivity index (χ4n) is 2.22. The van der Waals surface area contributed by atoms with Gasteiger partial charge in [0.15, 0.2) is 0 Å². The van der Waals surface area contributed by atoms with E-state index in [9.17, 15) is 5.11 Å². The van der Waals surface area contributed by atoms with E-state index in [1.807, 2.05) is 18.2 Å². The summed E-state index contributed by atoms with van der Waals surface area (Å²) in [5.74, 6) is 0. The molecule has 0 saturated heterocycles. The van der Waals surface area contributed by atoms with Gasteiger partial charge in [0.2, 0.25) is 0 Å². The van der Waals surface area contributed by atoms with E-state index < -0.39 is 5.60 Å². The fraction of sp³-hybridized carbons (Fsp3) is 0.417. The Morgan fingerprint density at radius 3 is 2.50 bits per heavy atom. The molecule has 0 spiro atoms. The van der Waals surface area contributed by atoms with Crippen molar-refractivity contribution in [2.45, 2.75) is 31.3 Å². The standard InChI is InChI=1S/C12H13NO/c13-9-10-5-1-2-6-11(10)12(14)7-3-4-8-12/h1-2,5-6,14H,3-4,7-8H2. The predicted molar refractivity (Wildman–Crippen MR) is 53.5 cm³/mol. The van der Waals surface area contributed by atoms with E-state index in [4.69, 9.17) is 5.26 Å². The molecule has 0 radical (unpaired) electrons. The highest BCUT2D eigenvalue weighted by atomic mass is 16.3. The van der Waals surface area contributed by atoms with Gasteiger partial charge in [-0.25, -0.2) is 0 Å². The Hall–Kier alpha value is -1.33. The van der Waals surface area contributed by atoms with Gasteiger partial charge in [0.25, 0.3) is 0 Å². The van der Waals surface area contributed by atoms with Crippen molar-refractivity contribution in [1.29, 1.82) is 5.26 Å². The van der Waals surface area contributed by atoms with Gasteiger partial charge in [-0.1, -0.05) is 31.0 Å². The zero-order valence-corrected chi connectivity index (χ0v) is 8.03. The first-order chi connectivity index (χ1) is 6.76. The Morgan fingerprint density at radius 1 is 1.21 bits per heavy atom. The Labute approximate surface area is 83.8 Å². The van der Waals surface area contributed by atoms with Gasteiger partial charge in [0.1, 0.15) is 0 Å². The SMILES string of the molecule is N#Cc1ccccc1C1(O)CCCC1. The Kier molecular flexibility index (Phi) is 2.26. The molecular weight excluding hydrogens is 174 g/mol. The summed E-state index contributed by atoms with van der Waals surface area (Å²) in [4.78, 5) is 0. The molecule has 0 bridgehead atoms. The molecule has 1 aliphatic carbocycles. The molecule has 0 aromatic heterocycles. The molecule has 2 nitrogen and oxygen atoms in total. The predicted octanol–water partition coefficient (Wildman–Crippen LogP) is 2.32. The highest BCUT2D eigenvalue weighted by molar-refractivity contribution is 5.41. The van der Waals surface area contributed by atoms with Crippen LogP contribution in [0.1, 0.15) is 36.8 Å². The summed E-state index contributed by atoms with van der Waals surface area (Å²) < 4.78 is 0. The van der Waals surface area contributed by atoms with Crippen molar-refractivity contribution < 1.29 is 5.11 Å². The average molecular weight is 187 g/mol. The smallest absolute Gasteiger partial charge is 0.0995 e.